The second kappa shape index (κ2) is 8.44. The van der Waals surface area contributed by atoms with E-state index in [-0.39, 0.29) is 18.8 Å². The third-order valence-corrected chi connectivity index (χ3v) is 3.62. The minimum Gasteiger partial charge on any atom is -0.482 e. The molecule has 126 valence electrons. The molecule has 0 saturated carbocycles. The summed E-state index contributed by atoms with van der Waals surface area (Å²) in [4.78, 5) is 23.5. The Morgan fingerprint density at radius 1 is 1.21 bits per heavy atom. The first-order chi connectivity index (χ1) is 11.5. The molecule has 5 nitrogen and oxygen atoms in total. The number of rotatable bonds is 6. The van der Waals surface area contributed by atoms with E-state index in [1.165, 1.54) is 12.1 Å². The van der Waals surface area contributed by atoms with Gasteiger partial charge in [0.15, 0.2) is 6.61 Å². The van der Waals surface area contributed by atoms with Crippen LogP contribution in [0.3, 0.4) is 0 Å². The number of benzene rings is 2. The van der Waals surface area contributed by atoms with E-state index in [0.29, 0.717) is 15.9 Å². The van der Waals surface area contributed by atoms with Crippen molar-refractivity contribution in [2.45, 2.75) is 6.92 Å². The highest BCUT2D eigenvalue weighted by molar-refractivity contribution is 9.10. The first-order valence-electron chi connectivity index (χ1n) is 7.14. The van der Waals surface area contributed by atoms with Gasteiger partial charge in [0.25, 0.3) is 5.91 Å². The maximum atomic E-state index is 13.3. The van der Waals surface area contributed by atoms with Gasteiger partial charge in [0, 0.05) is 16.2 Å². The Kier molecular flexibility index (Phi) is 6.31. The summed E-state index contributed by atoms with van der Waals surface area (Å²) in [6.45, 7) is 1.76. The lowest BCUT2D eigenvalue weighted by molar-refractivity contribution is -0.145. The molecule has 2 aromatic carbocycles. The highest BCUT2D eigenvalue weighted by atomic mass is 79.9. The monoisotopic (exact) mass is 395 g/mol. The predicted molar refractivity (Wildman–Crippen MR) is 90.6 cm³/mol. The Bertz CT molecular complexity index is 751. The van der Waals surface area contributed by atoms with Gasteiger partial charge in [-0.1, -0.05) is 6.07 Å². The molecule has 0 spiro atoms. The van der Waals surface area contributed by atoms with Crippen LogP contribution >= 0.6 is 15.9 Å². The zero-order chi connectivity index (χ0) is 17.5. The molecule has 0 aliphatic carbocycles. The third-order valence-electron chi connectivity index (χ3n) is 2.93. The van der Waals surface area contributed by atoms with E-state index in [1.807, 2.05) is 0 Å². The minimum absolute atomic E-state index is 0.174. The van der Waals surface area contributed by atoms with E-state index in [2.05, 4.69) is 21.2 Å². The molecule has 1 amide bonds. The molecule has 0 aliphatic heterocycles. The molecular weight excluding hydrogens is 381 g/mol. The minimum atomic E-state index is -0.505. The van der Waals surface area contributed by atoms with E-state index in [9.17, 15) is 14.0 Å². The molecule has 2 aromatic rings. The summed E-state index contributed by atoms with van der Waals surface area (Å²) in [5.74, 6) is -1.05. The normalized spacial score (nSPS) is 10.1. The van der Waals surface area contributed by atoms with Crippen molar-refractivity contribution in [1.29, 1.82) is 0 Å². The molecule has 1 N–H and O–H groups in total. The summed E-state index contributed by atoms with van der Waals surface area (Å²) in [6, 6.07) is 10.4. The van der Waals surface area contributed by atoms with Gasteiger partial charge < -0.3 is 14.8 Å². The number of amides is 1. The second-order valence-corrected chi connectivity index (χ2v) is 5.55. The summed E-state index contributed by atoms with van der Waals surface area (Å²) >= 11 is 3.21. The first-order valence-corrected chi connectivity index (χ1v) is 7.93. The zero-order valence-electron chi connectivity index (χ0n) is 12.8. The van der Waals surface area contributed by atoms with Crippen molar-refractivity contribution in [3.63, 3.8) is 0 Å². The molecule has 0 aliphatic rings. The van der Waals surface area contributed by atoms with Crippen molar-refractivity contribution >= 4 is 33.5 Å². The van der Waals surface area contributed by atoms with Crippen LogP contribution in [0.25, 0.3) is 0 Å². The van der Waals surface area contributed by atoms with Crippen LogP contribution in [0.15, 0.2) is 46.9 Å². The van der Waals surface area contributed by atoms with Crippen LogP contribution in [0.5, 0.6) is 5.75 Å². The Hall–Kier alpha value is -2.41. The van der Waals surface area contributed by atoms with Crippen LogP contribution in [0.2, 0.25) is 0 Å². The maximum Gasteiger partial charge on any atom is 0.344 e. The van der Waals surface area contributed by atoms with E-state index in [0.717, 1.165) is 6.07 Å². The average molecular weight is 396 g/mol. The molecule has 0 unspecified atom stereocenters. The van der Waals surface area contributed by atoms with Gasteiger partial charge in [-0.3, -0.25) is 4.79 Å². The molecule has 0 radical (unpaired) electrons. The van der Waals surface area contributed by atoms with Gasteiger partial charge in [0.2, 0.25) is 0 Å². The highest BCUT2D eigenvalue weighted by Crippen LogP contribution is 2.21. The van der Waals surface area contributed by atoms with Crippen LogP contribution in [0.1, 0.15) is 17.3 Å². The number of hydrogen-bond donors (Lipinski definition) is 1. The van der Waals surface area contributed by atoms with E-state index >= 15 is 0 Å². The standard InChI is InChI=1S/C17H15BrFNO4/c1-2-23-16(21)10-24-13-5-3-4-12(9-13)20-17(22)14-8-11(19)6-7-15(14)18/h3-9H,2,10H2,1H3,(H,20,22). The zero-order valence-corrected chi connectivity index (χ0v) is 14.4. The molecular formula is C17H15BrFNO4. The van der Waals surface area contributed by atoms with E-state index in [1.54, 1.807) is 31.2 Å². The van der Waals surface area contributed by atoms with Gasteiger partial charge >= 0.3 is 5.97 Å². The number of ether oxygens (including phenoxy) is 2. The fourth-order valence-electron chi connectivity index (χ4n) is 1.88. The topological polar surface area (TPSA) is 64.6 Å². The molecule has 0 heterocycles. The lowest BCUT2D eigenvalue weighted by Gasteiger charge is -2.10. The molecule has 7 heteroatoms. The second-order valence-electron chi connectivity index (χ2n) is 4.70. The number of nitrogens with one attached hydrogen (secondary N) is 1. The summed E-state index contributed by atoms with van der Waals surface area (Å²) in [5.41, 5.74) is 0.630. The van der Waals surface area contributed by atoms with Gasteiger partial charge in [-0.15, -0.1) is 0 Å². The Morgan fingerprint density at radius 3 is 2.75 bits per heavy atom. The average Bonchev–Trinajstić information content (AvgIpc) is 2.56. The molecule has 0 aromatic heterocycles. The summed E-state index contributed by atoms with van der Waals surface area (Å²) in [7, 11) is 0. The van der Waals surface area contributed by atoms with Gasteiger partial charge in [-0.25, -0.2) is 9.18 Å². The quantitative estimate of drug-likeness (QED) is 0.755. The van der Waals surface area contributed by atoms with Gasteiger partial charge in [0.1, 0.15) is 11.6 Å². The lowest BCUT2D eigenvalue weighted by Crippen LogP contribution is -2.15. The SMILES string of the molecule is CCOC(=O)COc1cccc(NC(=O)c2cc(F)ccc2Br)c1. The summed E-state index contributed by atoms with van der Waals surface area (Å²) < 4.78 is 23.8. The van der Waals surface area contributed by atoms with Gasteiger partial charge in [-0.2, -0.15) is 0 Å². The Labute approximate surface area is 146 Å². The molecule has 2 rings (SSSR count). The van der Waals surface area contributed by atoms with Gasteiger partial charge in [-0.05, 0) is 53.2 Å². The fraction of sp³-hybridized carbons (Fsp3) is 0.176. The first kappa shape index (κ1) is 17.9. The highest BCUT2D eigenvalue weighted by Gasteiger charge is 2.12. The lowest BCUT2D eigenvalue weighted by atomic mass is 10.2. The molecule has 0 atom stereocenters. The van der Waals surface area contributed by atoms with Crippen molar-refractivity contribution in [3.8, 4) is 5.75 Å². The summed E-state index contributed by atoms with van der Waals surface area (Å²) in [6.07, 6.45) is 0. The number of esters is 1. The smallest absolute Gasteiger partial charge is 0.344 e. The van der Waals surface area contributed by atoms with Crippen molar-refractivity contribution in [2.24, 2.45) is 0 Å². The van der Waals surface area contributed by atoms with E-state index in [4.69, 9.17) is 9.47 Å². The number of carbonyl (C=O) groups is 2. The predicted octanol–water partition coefficient (Wildman–Crippen LogP) is 3.78. The summed E-state index contributed by atoms with van der Waals surface area (Å²) in [5, 5.41) is 2.65. The van der Waals surface area contributed by atoms with Gasteiger partial charge in [0.05, 0.1) is 12.2 Å². The maximum absolute atomic E-state index is 13.3. The van der Waals surface area contributed by atoms with Crippen LogP contribution in [-0.2, 0) is 9.53 Å². The molecule has 0 saturated heterocycles. The molecule has 0 fully saturated rings. The number of anilines is 1. The van der Waals surface area contributed by atoms with Crippen molar-refractivity contribution in [1.82, 2.24) is 0 Å². The van der Waals surface area contributed by atoms with Crippen LogP contribution < -0.4 is 10.1 Å². The molecule has 0 bridgehead atoms. The Balaban J connectivity index is 2.05. The molecule has 24 heavy (non-hydrogen) atoms. The number of halogens is 2. The van der Waals surface area contributed by atoms with Crippen LogP contribution in [-0.4, -0.2) is 25.1 Å². The Morgan fingerprint density at radius 2 is 2.00 bits per heavy atom. The van der Waals surface area contributed by atoms with Crippen LogP contribution in [0.4, 0.5) is 10.1 Å². The van der Waals surface area contributed by atoms with E-state index < -0.39 is 17.7 Å². The van der Waals surface area contributed by atoms with Crippen molar-refractivity contribution < 1.29 is 23.5 Å². The van der Waals surface area contributed by atoms with Crippen LogP contribution in [0, 0.1) is 5.82 Å². The number of hydrogen-bond acceptors (Lipinski definition) is 4. The van der Waals surface area contributed by atoms with Crippen molar-refractivity contribution in [2.75, 3.05) is 18.5 Å². The number of carbonyl (C=O) groups excluding carboxylic acids is 2. The third kappa shape index (κ3) is 5.06. The van der Waals surface area contributed by atoms with Crippen molar-refractivity contribution in [3.05, 3.63) is 58.3 Å². The largest absolute Gasteiger partial charge is 0.482 e. The fourth-order valence-corrected chi connectivity index (χ4v) is 2.31.